The Kier molecular flexibility index (Phi) is 4.48. The van der Waals surface area contributed by atoms with Crippen LogP contribution in [-0.2, 0) is 0 Å². The van der Waals surface area contributed by atoms with Gasteiger partial charge in [-0.25, -0.2) is 9.80 Å². The van der Waals surface area contributed by atoms with Gasteiger partial charge in [0.2, 0.25) is 0 Å². The van der Waals surface area contributed by atoms with Gasteiger partial charge >= 0.3 is 0 Å². The zero-order valence-corrected chi connectivity index (χ0v) is 17.2. The molecule has 11 heteroatoms. The molecule has 0 radical (unpaired) electrons. The first-order valence-corrected chi connectivity index (χ1v) is 10.1. The molecule has 0 saturated carbocycles. The number of fused-ring (bicyclic) bond motifs is 2. The van der Waals surface area contributed by atoms with E-state index in [9.17, 15) is 29.7 Å². The van der Waals surface area contributed by atoms with E-state index in [1.165, 1.54) is 24.3 Å². The number of benzene rings is 2. The summed E-state index contributed by atoms with van der Waals surface area (Å²) in [6, 6.07) is 15.6. The minimum Gasteiger partial charge on any atom is -0.268 e. The third kappa shape index (κ3) is 2.74. The third-order valence-corrected chi connectivity index (χ3v) is 5.70. The van der Waals surface area contributed by atoms with Crippen molar-refractivity contribution in [1.29, 1.82) is 10.5 Å². The highest BCUT2D eigenvalue weighted by Crippen LogP contribution is 2.33. The Labute approximate surface area is 190 Å². The highest BCUT2D eigenvalue weighted by atomic mass is 32.2. The molecule has 0 N–H and O–H groups in total. The maximum absolute atomic E-state index is 13.0. The number of carbonyl (C=O) groups is 4. The van der Waals surface area contributed by atoms with Gasteiger partial charge in [-0.2, -0.15) is 19.3 Å². The van der Waals surface area contributed by atoms with Crippen molar-refractivity contribution in [2.24, 2.45) is 8.80 Å². The molecule has 0 bridgehead atoms. The summed E-state index contributed by atoms with van der Waals surface area (Å²) in [6.07, 6.45) is 0. The lowest BCUT2D eigenvalue weighted by atomic mass is 10.1. The van der Waals surface area contributed by atoms with Crippen LogP contribution >= 0.6 is 12.1 Å². The monoisotopic (exact) mass is 452 g/mol. The number of rotatable bonds is 0. The van der Waals surface area contributed by atoms with Crippen LogP contribution in [0.5, 0.6) is 0 Å². The fourth-order valence-electron chi connectivity index (χ4n) is 3.72. The van der Waals surface area contributed by atoms with Crippen molar-refractivity contribution in [2.75, 3.05) is 0 Å². The van der Waals surface area contributed by atoms with Gasteiger partial charge in [-0.15, -0.1) is 0 Å². The van der Waals surface area contributed by atoms with E-state index in [1.54, 1.807) is 36.4 Å². The molecule has 0 fully saturated rings. The Morgan fingerprint density at radius 3 is 1.30 bits per heavy atom. The third-order valence-electron chi connectivity index (χ3n) is 5.19. The van der Waals surface area contributed by atoms with Crippen LogP contribution in [0.4, 0.5) is 0 Å². The lowest BCUT2D eigenvalue weighted by molar-refractivity contribution is 0.0738. The number of allylic oxidation sites excluding steroid dienone is 1. The van der Waals surface area contributed by atoms with Crippen molar-refractivity contribution in [2.45, 2.75) is 0 Å². The molecular formula is C22H8N6O4S. The minimum absolute atomic E-state index is 0.120. The molecule has 0 aromatic heterocycles. The lowest BCUT2D eigenvalue weighted by Crippen LogP contribution is -2.46. The number of amides is 4. The number of nitriles is 2. The Bertz CT molecular complexity index is 1330. The molecule has 0 spiro atoms. The smallest absolute Gasteiger partial charge is 0.267 e. The molecule has 156 valence electrons. The summed E-state index contributed by atoms with van der Waals surface area (Å²) in [7, 11) is 0. The Morgan fingerprint density at radius 2 is 1.00 bits per heavy atom. The molecule has 3 aliphatic heterocycles. The van der Waals surface area contributed by atoms with Crippen LogP contribution in [0.3, 0.4) is 0 Å². The Morgan fingerprint density at radius 1 is 0.667 bits per heavy atom. The number of nitrogens with zero attached hydrogens (tertiary/aromatic N) is 6. The average molecular weight is 452 g/mol. The Balaban J connectivity index is 1.65. The van der Waals surface area contributed by atoms with E-state index in [0.29, 0.717) is 21.9 Å². The van der Waals surface area contributed by atoms with Crippen LogP contribution in [0.2, 0.25) is 0 Å². The second kappa shape index (κ2) is 7.37. The van der Waals surface area contributed by atoms with E-state index >= 15 is 0 Å². The molecular weight excluding hydrogens is 444 g/mol. The standard InChI is InChI=1S/C22H8N6O4S/c23-9-11(10-24)16-17(27-19(29)12-5-1-2-6-13(12)20(27)30)25-33-26-18(16)28-21(31)14-7-3-4-8-15(14)22(28)32/h1-8H. The van der Waals surface area contributed by atoms with Crippen LogP contribution in [0.25, 0.3) is 0 Å². The molecule has 0 aliphatic carbocycles. The summed E-state index contributed by atoms with van der Waals surface area (Å²) in [5.41, 5.74) is -0.446. The first-order chi connectivity index (χ1) is 16.0. The summed E-state index contributed by atoms with van der Waals surface area (Å²) >= 11 is 0.523. The van der Waals surface area contributed by atoms with Gasteiger partial charge in [-0.3, -0.25) is 19.2 Å². The highest BCUT2D eigenvalue weighted by molar-refractivity contribution is 7.97. The van der Waals surface area contributed by atoms with Crippen LogP contribution in [0.15, 0.2) is 68.5 Å². The van der Waals surface area contributed by atoms with Gasteiger partial charge in [0, 0.05) is 0 Å². The minimum atomic E-state index is -0.716. The maximum Gasteiger partial charge on any atom is 0.267 e. The summed E-state index contributed by atoms with van der Waals surface area (Å²) in [5.74, 6) is -3.58. The molecule has 2 aromatic rings. The molecule has 2 aromatic carbocycles. The van der Waals surface area contributed by atoms with Gasteiger partial charge in [0.25, 0.3) is 23.6 Å². The fraction of sp³-hybridized carbons (Fsp3) is 0. The van der Waals surface area contributed by atoms with Crippen LogP contribution in [-0.4, -0.2) is 45.1 Å². The topological polar surface area (TPSA) is 147 Å². The van der Waals surface area contributed by atoms with Crippen molar-refractivity contribution in [1.82, 2.24) is 9.80 Å². The first-order valence-electron chi connectivity index (χ1n) is 9.32. The van der Waals surface area contributed by atoms with E-state index in [4.69, 9.17) is 0 Å². The molecule has 3 heterocycles. The number of hydrogen-bond acceptors (Lipinski definition) is 9. The zero-order chi connectivity index (χ0) is 23.3. The normalized spacial score (nSPS) is 16.7. The van der Waals surface area contributed by atoms with Gasteiger partial charge in [0.15, 0.2) is 11.7 Å². The number of carbonyl (C=O) groups excluding carboxylic acids is 4. The molecule has 3 aliphatic rings. The number of amidine groups is 2. The van der Waals surface area contributed by atoms with Crippen molar-refractivity contribution < 1.29 is 19.2 Å². The van der Waals surface area contributed by atoms with Crippen LogP contribution in [0.1, 0.15) is 41.4 Å². The van der Waals surface area contributed by atoms with E-state index in [2.05, 4.69) is 8.80 Å². The van der Waals surface area contributed by atoms with Crippen molar-refractivity contribution in [3.05, 3.63) is 81.9 Å². The quantitative estimate of drug-likeness (QED) is 0.338. The van der Waals surface area contributed by atoms with Crippen molar-refractivity contribution in [3.63, 3.8) is 0 Å². The van der Waals surface area contributed by atoms with Crippen molar-refractivity contribution >= 4 is 47.4 Å². The lowest BCUT2D eigenvalue weighted by Gasteiger charge is -2.25. The van der Waals surface area contributed by atoms with E-state index < -0.39 is 29.2 Å². The van der Waals surface area contributed by atoms with E-state index in [-0.39, 0.29) is 39.5 Å². The predicted molar refractivity (Wildman–Crippen MR) is 115 cm³/mol. The van der Waals surface area contributed by atoms with Crippen molar-refractivity contribution in [3.8, 4) is 12.1 Å². The average Bonchev–Trinajstić information content (AvgIpc) is 3.25. The summed E-state index contributed by atoms with van der Waals surface area (Å²) in [5, 5.41) is 19.2. The maximum atomic E-state index is 13.0. The summed E-state index contributed by atoms with van der Waals surface area (Å²) < 4.78 is 8.07. The zero-order valence-electron chi connectivity index (χ0n) is 16.3. The highest BCUT2D eigenvalue weighted by Gasteiger charge is 2.47. The second-order valence-electron chi connectivity index (χ2n) is 6.87. The largest absolute Gasteiger partial charge is 0.268 e. The number of imide groups is 2. The Hall–Kier alpha value is -4.87. The van der Waals surface area contributed by atoms with Gasteiger partial charge in [0.05, 0.1) is 27.8 Å². The molecule has 0 unspecified atom stereocenters. The number of hydrogen-bond donors (Lipinski definition) is 0. The molecule has 33 heavy (non-hydrogen) atoms. The molecule has 0 saturated heterocycles. The van der Waals surface area contributed by atoms with Gasteiger partial charge in [0.1, 0.15) is 29.8 Å². The summed E-state index contributed by atoms with van der Waals surface area (Å²) in [4.78, 5) is 53.5. The molecule has 5 rings (SSSR count). The summed E-state index contributed by atoms with van der Waals surface area (Å²) in [6.45, 7) is 0. The first kappa shape index (κ1) is 20.1. The van der Waals surface area contributed by atoms with E-state index in [0.717, 1.165) is 0 Å². The SMILES string of the molecule is N#CC(C#N)=C1C(N2C(=O)c3ccccc3C2=O)=NSN=C1N1C(=O)c2ccccc2C1=O. The second-order valence-corrected chi connectivity index (χ2v) is 7.40. The van der Waals surface area contributed by atoms with Crippen LogP contribution < -0.4 is 0 Å². The molecule has 4 amide bonds. The predicted octanol–water partition coefficient (Wildman–Crippen LogP) is 2.30. The van der Waals surface area contributed by atoms with Gasteiger partial charge in [-0.1, -0.05) is 24.3 Å². The van der Waals surface area contributed by atoms with Gasteiger partial charge in [-0.05, 0) is 24.3 Å². The molecule has 10 nitrogen and oxygen atoms in total. The molecule has 0 atom stereocenters. The fourth-order valence-corrected chi connectivity index (χ4v) is 4.26. The van der Waals surface area contributed by atoms with E-state index in [1.807, 2.05) is 0 Å². The van der Waals surface area contributed by atoms with Gasteiger partial charge < -0.3 is 0 Å². The van der Waals surface area contributed by atoms with Crippen LogP contribution in [0, 0.1) is 22.7 Å².